The van der Waals surface area contributed by atoms with E-state index in [0.717, 1.165) is 21.6 Å². The summed E-state index contributed by atoms with van der Waals surface area (Å²) in [6, 6.07) is 25.0. The number of likely N-dealkylation sites (N-methyl/N-ethyl adjacent to an activating group) is 1. The third-order valence-corrected chi connectivity index (χ3v) is 6.76. The van der Waals surface area contributed by atoms with Crippen molar-refractivity contribution in [3.05, 3.63) is 101 Å². The molecule has 178 valence electrons. The van der Waals surface area contributed by atoms with Crippen molar-refractivity contribution < 1.29 is 9.59 Å². The van der Waals surface area contributed by atoms with Gasteiger partial charge in [0.1, 0.15) is 6.04 Å². The fraction of sp³-hybridized carbons (Fsp3) is 0.286. The average Bonchev–Trinajstić information content (AvgIpc) is 2.84. The van der Waals surface area contributed by atoms with Gasteiger partial charge in [-0.25, -0.2) is 0 Å². The molecule has 3 aromatic carbocycles. The number of carbonyl (C=O) groups excluding carboxylic acids is 2. The van der Waals surface area contributed by atoms with E-state index >= 15 is 0 Å². The quantitative estimate of drug-likeness (QED) is 0.337. The van der Waals surface area contributed by atoms with Gasteiger partial charge in [0.2, 0.25) is 11.8 Å². The molecule has 0 saturated heterocycles. The zero-order valence-corrected chi connectivity index (χ0v) is 21.2. The normalized spacial score (nSPS) is 11.6. The Morgan fingerprint density at radius 2 is 1.62 bits per heavy atom. The van der Waals surface area contributed by atoms with Crippen LogP contribution in [-0.4, -0.2) is 35.1 Å². The number of thioether (sulfide) groups is 1. The Morgan fingerprint density at radius 1 is 0.941 bits per heavy atom. The lowest BCUT2D eigenvalue weighted by Gasteiger charge is -2.31. The Hall–Kier alpha value is -2.76. The van der Waals surface area contributed by atoms with Crippen LogP contribution in [0, 0.1) is 6.92 Å². The fourth-order valence-corrected chi connectivity index (χ4v) is 4.63. The van der Waals surface area contributed by atoms with Crippen LogP contribution < -0.4 is 5.32 Å². The van der Waals surface area contributed by atoms with Crippen LogP contribution in [0.4, 0.5) is 0 Å². The lowest BCUT2D eigenvalue weighted by atomic mass is 10.0. The first-order valence-electron chi connectivity index (χ1n) is 11.5. The van der Waals surface area contributed by atoms with Gasteiger partial charge in [0.05, 0.1) is 0 Å². The Morgan fingerprint density at radius 3 is 2.26 bits per heavy atom. The van der Waals surface area contributed by atoms with E-state index in [1.807, 2.05) is 92.7 Å². The van der Waals surface area contributed by atoms with Gasteiger partial charge in [-0.15, -0.1) is 11.8 Å². The van der Waals surface area contributed by atoms with Gasteiger partial charge < -0.3 is 10.2 Å². The highest BCUT2D eigenvalue weighted by Gasteiger charge is 2.29. The van der Waals surface area contributed by atoms with Gasteiger partial charge in [0.25, 0.3) is 0 Å². The molecule has 0 saturated carbocycles. The standard InChI is InChI=1S/C28H31ClN2O2S/c1-3-30-28(33)26(19-22-7-5-4-6-8-22)31(20-23-11-9-21(2)10-12-23)27(32)17-18-34-25-15-13-24(29)14-16-25/h4-16,26H,3,17-20H2,1-2H3,(H,30,33). The number of amides is 2. The molecule has 0 aliphatic carbocycles. The van der Waals surface area contributed by atoms with Crippen LogP contribution in [-0.2, 0) is 22.6 Å². The minimum Gasteiger partial charge on any atom is -0.355 e. The fourth-order valence-electron chi connectivity index (χ4n) is 3.67. The maximum atomic E-state index is 13.5. The third-order valence-electron chi connectivity index (χ3n) is 5.49. The van der Waals surface area contributed by atoms with E-state index in [4.69, 9.17) is 11.6 Å². The molecule has 0 aliphatic heterocycles. The summed E-state index contributed by atoms with van der Waals surface area (Å²) in [7, 11) is 0. The van der Waals surface area contributed by atoms with Gasteiger partial charge in [0, 0.05) is 41.6 Å². The summed E-state index contributed by atoms with van der Waals surface area (Å²) in [6.45, 7) is 4.84. The van der Waals surface area contributed by atoms with E-state index in [-0.39, 0.29) is 11.8 Å². The van der Waals surface area contributed by atoms with Crippen LogP contribution in [0.1, 0.15) is 30.0 Å². The van der Waals surface area contributed by atoms with E-state index in [1.54, 1.807) is 16.7 Å². The number of hydrogen-bond acceptors (Lipinski definition) is 3. The van der Waals surface area contributed by atoms with E-state index in [2.05, 4.69) is 5.32 Å². The second-order valence-electron chi connectivity index (χ2n) is 8.16. The molecule has 0 aromatic heterocycles. The molecular weight excluding hydrogens is 464 g/mol. The number of benzene rings is 3. The summed E-state index contributed by atoms with van der Waals surface area (Å²) in [5, 5.41) is 3.62. The molecule has 34 heavy (non-hydrogen) atoms. The highest BCUT2D eigenvalue weighted by atomic mass is 35.5. The third kappa shape index (κ3) is 7.93. The highest BCUT2D eigenvalue weighted by Crippen LogP contribution is 2.22. The highest BCUT2D eigenvalue weighted by molar-refractivity contribution is 7.99. The molecule has 6 heteroatoms. The predicted octanol–water partition coefficient (Wildman–Crippen LogP) is 5.91. The van der Waals surface area contributed by atoms with Crippen LogP contribution in [0.3, 0.4) is 0 Å². The molecule has 3 rings (SSSR count). The Balaban J connectivity index is 1.81. The van der Waals surface area contributed by atoms with Gasteiger partial charge in [-0.1, -0.05) is 71.8 Å². The van der Waals surface area contributed by atoms with E-state index in [0.29, 0.717) is 36.7 Å². The zero-order chi connectivity index (χ0) is 24.3. The number of aryl methyl sites for hydroxylation is 1. The summed E-state index contributed by atoms with van der Waals surface area (Å²) in [4.78, 5) is 29.5. The summed E-state index contributed by atoms with van der Waals surface area (Å²) in [5.41, 5.74) is 3.19. The van der Waals surface area contributed by atoms with Gasteiger partial charge in [0.15, 0.2) is 0 Å². The maximum Gasteiger partial charge on any atom is 0.243 e. The van der Waals surface area contributed by atoms with Crippen LogP contribution in [0.5, 0.6) is 0 Å². The maximum absolute atomic E-state index is 13.5. The molecule has 1 atom stereocenters. The molecule has 0 spiro atoms. The van der Waals surface area contributed by atoms with Gasteiger partial charge >= 0.3 is 0 Å². The number of rotatable bonds is 11. The molecule has 3 aromatic rings. The first-order valence-corrected chi connectivity index (χ1v) is 12.9. The number of halogens is 1. The lowest BCUT2D eigenvalue weighted by Crippen LogP contribution is -2.50. The number of nitrogens with zero attached hydrogens (tertiary/aromatic N) is 1. The second kappa shape index (κ2) is 13.2. The molecule has 4 nitrogen and oxygen atoms in total. The molecule has 0 bridgehead atoms. The number of nitrogens with one attached hydrogen (secondary N) is 1. The van der Waals surface area contributed by atoms with Crippen molar-refractivity contribution in [3.63, 3.8) is 0 Å². The van der Waals surface area contributed by atoms with Crippen molar-refractivity contribution in [1.82, 2.24) is 10.2 Å². The van der Waals surface area contributed by atoms with Crippen molar-refractivity contribution in [2.24, 2.45) is 0 Å². The summed E-state index contributed by atoms with van der Waals surface area (Å²) in [5.74, 6) is 0.463. The van der Waals surface area contributed by atoms with Crippen molar-refractivity contribution in [1.29, 1.82) is 0 Å². The summed E-state index contributed by atoms with van der Waals surface area (Å²) in [6.07, 6.45) is 0.804. The van der Waals surface area contributed by atoms with Gasteiger partial charge in [-0.2, -0.15) is 0 Å². The first kappa shape index (κ1) is 25.9. The Bertz CT molecular complexity index is 1060. The average molecular weight is 495 g/mol. The molecule has 2 amide bonds. The Labute approximate surface area is 211 Å². The smallest absolute Gasteiger partial charge is 0.243 e. The Kier molecular flexibility index (Phi) is 10.0. The zero-order valence-electron chi connectivity index (χ0n) is 19.7. The molecule has 0 radical (unpaired) electrons. The summed E-state index contributed by atoms with van der Waals surface area (Å²) < 4.78 is 0. The van der Waals surface area contributed by atoms with Crippen LogP contribution >= 0.6 is 23.4 Å². The lowest BCUT2D eigenvalue weighted by molar-refractivity contribution is -0.140. The predicted molar refractivity (Wildman–Crippen MR) is 141 cm³/mol. The molecule has 1 unspecified atom stereocenters. The monoisotopic (exact) mass is 494 g/mol. The molecule has 1 N–H and O–H groups in total. The van der Waals surface area contributed by atoms with E-state index in [1.165, 1.54) is 0 Å². The van der Waals surface area contributed by atoms with Crippen LogP contribution in [0.25, 0.3) is 0 Å². The summed E-state index contributed by atoms with van der Waals surface area (Å²) >= 11 is 7.58. The topological polar surface area (TPSA) is 49.4 Å². The van der Waals surface area contributed by atoms with Crippen molar-refractivity contribution in [2.75, 3.05) is 12.3 Å². The van der Waals surface area contributed by atoms with Gasteiger partial charge in [-0.3, -0.25) is 9.59 Å². The molecular formula is C28H31ClN2O2S. The minimum absolute atomic E-state index is 0.0331. The van der Waals surface area contributed by atoms with E-state index < -0.39 is 6.04 Å². The SMILES string of the molecule is CCNC(=O)C(Cc1ccccc1)N(Cc1ccc(C)cc1)C(=O)CCSc1ccc(Cl)cc1. The molecule has 0 aliphatic rings. The van der Waals surface area contributed by atoms with Crippen LogP contribution in [0.2, 0.25) is 5.02 Å². The van der Waals surface area contributed by atoms with Gasteiger partial charge in [-0.05, 0) is 49.2 Å². The van der Waals surface area contributed by atoms with Crippen molar-refractivity contribution >= 4 is 35.2 Å². The van der Waals surface area contributed by atoms with Crippen molar-refractivity contribution in [2.45, 2.75) is 44.2 Å². The van der Waals surface area contributed by atoms with Crippen molar-refractivity contribution in [3.8, 4) is 0 Å². The van der Waals surface area contributed by atoms with Crippen LogP contribution in [0.15, 0.2) is 83.8 Å². The largest absolute Gasteiger partial charge is 0.355 e. The molecule has 0 fully saturated rings. The van der Waals surface area contributed by atoms with E-state index in [9.17, 15) is 9.59 Å². The second-order valence-corrected chi connectivity index (χ2v) is 9.76. The first-order chi connectivity index (χ1) is 16.5. The number of hydrogen-bond donors (Lipinski definition) is 1. The minimum atomic E-state index is -0.586. The number of carbonyl (C=O) groups is 2. The molecule has 0 heterocycles.